The van der Waals surface area contributed by atoms with Gasteiger partial charge in [0.25, 0.3) is 11.8 Å². The van der Waals surface area contributed by atoms with Crippen LogP contribution in [-0.4, -0.2) is 18.9 Å². The van der Waals surface area contributed by atoms with Crippen molar-refractivity contribution >= 4 is 39.1 Å². The number of hydrogen-bond donors (Lipinski definition) is 2. The third-order valence-electron chi connectivity index (χ3n) is 4.15. The SMILES string of the molecule is CN1C(=O)[C@]2(NC(=O)c3ccccc3N2)c2ccc(Br)cc21. The van der Waals surface area contributed by atoms with E-state index >= 15 is 0 Å². The fourth-order valence-electron chi connectivity index (χ4n) is 3.08. The van der Waals surface area contributed by atoms with Crippen LogP contribution in [0.15, 0.2) is 46.9 Å². The Morgan fingerprint density at radius 1 is 1.09 bits per heavy atom. The van der Waals surface area contributed by atoms with E-state index in [9.17, 15) is 9.59 Å². The molecule has 0 fully saturated rings. The quantitative estimate of drug-likeness (QED) is 0.761. The van der Waals surface area contributed by atoms with E-state index in [0.29, 0.717) is 11.3 Å². The van der Waals surface area contributed by atoms with Crippen molar-refractivity contribution in [1.82, 2.24) is 5.32 Å². The van der Waals surface area contributed by atoms with Crippen LogP contribution in [0, 0.1) is 0 Å². The van der Waals surface area contributed by atoms with Gasteiger partial charge in [0.2, 0.25) is 5.66 Å². The number of hydrogen-bond acceptors (Lipinski definition) is 3. The first-order valence-electron chi connectivity index (χ1n) is 6.81. The van der Waals surface area contributed by atoms with Crippen LogP contribution in [0.3, 0.4) is 0 Å². The molecule has 2 aromatic rings. The number of likely N-dealkylation sites (N-methyl/N-ethyl adjacent to an activating group) is 1. The summed E-state index contributed by atoms with van der Waals surface area (Å²) in [5.74, 6) is -0.463. The van der Waals surface area contributed by atoms with E-state index in [0.717, 1.165) is 15.7 Å². The predicted molar refractivity (Wildman–Crippen MR) is 86.8 cm³/mol. The Hall–Kier alpha value is -2.34. The molecular formula is C16H12BrN3O2. The van der Waals surface area contributed by atoms with Crippen molar-refractivity contribution in [3.8, 4) is 0 Å². The molecule has 1 atom stereocenters. The molecule has 2 aliphatic heterocycles. The Bertz CT molecular complexity index is 836. The number of carbonyl (C=O) groups excluding carboxylic acids is 2. The number of benzene rings is 2. The molecule has 0 bridgehead atoms. The maximum absolute atomic E-state index is 12.8. The lowest BCUT2D eigenvalue weighted by Gasteiger charge is -2.36. The number of halogens is 1. The molecule has 4 rings (SSSR count). The number of para-hydroxylation sites is 1. The largest absolute Gasteiger partial charge is 0.350 e. The minimum absolute atomic E-state index is 0.205. The molecule has 22 heavy (non-hydrogen) atoms. The van der Waals surface area contributed by atoms with Crippen LogP contribution in [0.4, 0.5) is 11.4 Å². The van der Waals surface area contributed by atoms with Crippen LogP contribution in [0.25, 0.3) is 0 Å². The molecule has 2 heterocycles. The summed E-state index contributed by atoms with van der Waals surface area (Å²) in [6.45, 7) is 0. The Kier molecular flexibility index (Phi) is 2.62. The number of amides is 2. The van der Waals surface area contributed by atoms with Gasteiger partial charge in [-0.15, -0.1) is 0 Å². The molecule has 110 valence electrons. The van der Waals surface area contributed by atoms with Gasteiger partial charge in [-0.2, -0.15) is 0 Å². The average molecular weight is 358 g/mol. The van der Waals surface area contributed by atoms with Crippen molar-refractivity contribution in [1.29, 1.82) is 0 Å². The van der Waals surface area contributed by atoms with Gasteiger partial charge in [-0.05, 0) is 24.3 Å². The van der Waals surface area contributed by atoms with Crippen LogP contribution in [0.5, 0.6) is 0 Å². The van der Waals surface area contributed by atoms with E-state index in [1.807, 2.05) is 24.3 Å². The molecule has 2 aliphatic rings. The molecule has 1 spiro atoms. The Morgan fingerprint density at radius 3 is 2.68 bits per heavy atom. The van der Waals surface area contributed by atoms with E-state index in [4.69, 9.17) is 0 Å². The molecule has 0 aromatic heterocycles. The van der Waals surface area contributed by atoms with E-state index in [1.165, 1.54) is 0 Å². The van der Waals surface area contributed by atoms with Gasteiger partial charge in [-0.3, -0.25) is 9.59 Å². The molecule has 2 N–H and O–H groups in total. The number of anilines is 2. The second-order valence-corrected chi connectivity index (χ2v) is 6.32. The first-order chi connectivity index (χ1) is 10.5. The molecular weight excluding hydrogens is 346 g/mol. The second kappa shape index (κ2) is 4.33. The summed E-state index contributed by atoms with van der Waals surface area (Å²) in [6.07, 6.45) is 0. The normalized spacial score (nSPS) is 22.2. The van der Waals surface area contributed by atoms with Gasteiger partial charge < -0.3 is 15.5 Å². The second-order valence-electron chi connectivity index (χ2n) is 5.40. The fraction of sp³-hybridized carbons (Fsp3) is 0.125. The Balaban J connectivity index is 1.94. The van der Waals surface area contributed by atoms with Crippen LogP contribution < -0.4 is 15.5 Å². The van der Waals surface area contributed by atoms with E-state index < -0.39 is 5.66 Å². The fourth-order valence-corrected chi connectivity index (χ4v) is 3.43. The summed E-state index contributed by atoms with van der Waals surface area (Å²) in [6, 6.07) is 12.8. The highest BCUT2D eigenvalue weighted by molar-refractivity contribution is 9.10. The molecule has 0 radical (unpaired) electrons. The number of carbonyl (C=O) groups is 2. The molecule has 6 heteroatoms. The summed E-state index contributed by atoms with van der Waals surface area (Å²) >= 11 is 3.42. The zero-order valence-electron chi connectivity index (χ0n) is 11.7. The molecule has 5 nitrogen and oxygen atoms in total. The number of nitrogens with zero attached hydrogens (tertiary/aromatic N) is 1. The van der Waals surface area contributed by atoms with Gasteiger partial charge in [0.05, 0.1) is 11.3 Å². The number of fused-ring (bicyclic) bond motifs is 3. The smallest absolute Gasteiger partial charge is 0.278 e. The lowest BCUT2D eigenvalue weighted by molar-refractivity contribution is -0.122. The monoisotopic (exact) mass is 357 g/mol. The van der Waals surface area contributed by atoms with Crippen molar-refractivity contribution < 1.29 is 9.59 Å². The van der Waals surface area contributed by atoms with Gasteiger partial charge in [0, 0.05) is 22.8 Å². The highest BCUT2D eigenvalue weighted by atomic mass is 79.9. The summed E-state index contributed by atoms with van der Waals surface area (Å²) in [5.41, 5.74) is 1.46. The molecule has 2 aromatic carbocycles. The van der Waals surface area contributed by atoms with Crippen molar-refractivity contribution in [2.24, 2.45) is 0 Å². The summed E-state index contributed by atoms with van der Waals surface area (Å²) in [5, 5.41) is 6.07. The molecule has 0 saturated heterocycles. The zero-order chi connectivity index (χ0) is 15.5. The Labute approximate surface area is 135 Å². The summed E-state index contributed by atoms with van der Waals surface area (Å²) in [4.78, 5) is 26.8. The minimum Gasteiger partial charge on any atom is -0.350 e. The number of nitrogens with one attached hydrogen (secondary N) is 2. The predicted octanol–water partition coefficient (Wildman–Crippen LogP) is 2.43. The van der Waals surface area contributed by atoms with Crippen molar-refractivity contribution in [3.63, 3.8) is 0 Å². The van der Waals surface area contributed by atoms with E-state index in [2.05, 4.69) is 26.6 Å². The van der Waals surface area contributed by atoms with Gasteiger partial charge in [-0.25, -0.2) is 0 Å². The highest BCUT2D eigenvalue weighted by Crippen LogP contribution is 2.43. The van der Waals surface area contributed by atoms with Gasteiger partial charge in [0.15, 0.2) is 0 Å². The van der Waals surface area contributed by atoms with Gasteiger partial charge >= 0.3 is 0 Å². The highest BCUT2D eigenvalue weighted by Gasteiger charge is 2.53. The van der Waals surface area contributed by atoms with Crippen molar-refractivity contribution in [3.05, 3.63) is 58.1 Å². The van der Waals surface area contributed by atoms with Gasteiger partial charge in [0.1, 0.15) is 0 Å². The van der Waals surface area contributed by atoms with Crippen molar-refractivity contribution in [2.45, 2.75) is 5.66 Å². The van der Waals surface area contributed by atoms with Crippen LogP contribution >= 0.6 is 15.9 Å². The summed E-state index contributed by atoms with van der Waals surface area (Å²) < 4.78 is 0.880. The lowest BCUT2D eigenvalue weighted by atomic mass is 9.96. The van der Waals surface area contributed by atoms with E-state index in [-0.39, 0.29) is 11.8 Å². The molecule has 2 amide bonds. The van der Waals surface area contributed by atoms with Gasteiger partial charge in [-0.1, -0.05) is 34.1 Å². The minimum atomic E-state index is -1.24. The molecule has 0 unspecified atom stereocenters. The maximum Gasteiger partial charge on any atom is 0.278 e. The lowest BCUT2D eigenvalue weighted by Crippen LogP contribution is -2.60. The number of rotatable bonds is 0. The first kappa shape index (κ1) is 13.3. The van der Waals surface area contributed by atoms with Crippen LogP contribution in [0.1, 0.15) is 15.9 Å². The average Bonchev–Trinajstić information content (AvgIpc) is 2.70. The summed E-state index contributed by atoms with van der Waals surface area (Å²) in [7, 11) is 1.71. The molecule has 0 aliphatic carbocycles. The Morgan fingerprint density at radius 2 is 1.86 bits per heavy atom. The van der Waals surface area contributed by atoms with Crippen molar-refractivity contribution in [2.75, 3.05) is 17.3 Å². The third kappa shape index (κ3) is 1.58. The third-order valence-corrected chi connectivity index (χ3v) is 4.64. The van der Waals surface area contributed by atoms with E-state index in [1.54, 1.807) is 30.1 Å². The van der Waals surface area contributed by atoms with Crippen LogP contribution in [0.2, 0.25) is 0 Å². The zero-order valence-corrected chi connectivity index (χ0v) is 13.3. The topological polar surface area (TPSA) is 61.4 Å². The first-order valence-corrected chi connectivity index (χ1v) is 7.60. The maximum atomic E-state index is 12.8. The standard InChI is InChI=1S/C16H12BrN3O2/c1-20-13-8-9(17)6-7-11(13)16(15(20)22)18-12-5-3-2-4-10(12)14(21)19-16/h2-8,18H,1H3,(H,19,21)/t16-/m1/s1. The van der Waals surface area contributed by atoms with Crippen LogP contribution in [-0.2, 0) is 10.5 Å². The molecule has 0 saturated carbocycles.